The van der Waals surface area contributed by atoms with Crippen LogP contribution in [0.3, 0.4) is 0 Å². The van der Waals surface area contributed by atoms with E-state index in [0.717, 1.165) is 24.3 Å². The van der Waals surface area contributed by atoms with Gasteiger partial charge in [-0.3, -0.25) is 28.7 Å². The van der Waals surface area contributed by atoms with E-state index in [2.05, 4.69) is 36.3 Å². The van der Waals surface area contributed by atoms with Crippen LogP contribution >= 0.6 is 0 Å². The highest BCUT2D eigenvalue weighted by atomic mass is 32.2. The summed E-state index contributed by atoms with van der Waals surface area (Å²) in [5, 5.41) is 25.2. The van der Waals surface area contributed by atoms with Crippen LogP contribution < -0.4 is 10.7 Å². The van der Waals surface area contributed by atoms with E-state index in [1.807, 2.05) is 0 Å². The van der Waals surface area contributed by atoms with Gasteiger partial charge in [0.1, 0.15) is 5.71 Å². The molecule has 5 N–H and O–H groups in total. The first-order chi connectivity index (χ1) is 27.8. The second kappa shape index (κ2) is 15.5. The number of nitrogens with one attached hydrogen (secondary N) is 2. The maximum absolute atomic E-state index is 12.9. The molecule has 1 aliphatic rings. The number of ketones is 1. The van der Waals surface area contributed by atoms with E-state index in [1.165, 1.54) is 73.7 Å². The van der Waals surface area contributed by atoms with Crippen molar-refractivity contribution in [1.82, 2.24) is 0 Å². The molecule has 0 spiro atoms. The third-order valence-corrected chi connectivity index (χ3v) is 11.3. The average molecular weight is 854 g/mol. The van der Waals surface area contributed by atoms with Crippen LogP contribution in [0.15, 0.2) is 149 Å². The first kappa shape index (κ1) is 40.3. The summed E-state index contributed by atoms with van der Waals surface area (Å²) in [4.78, 5) is 22.9. The topological polar surface area (TPSA) is 283 Å². The summed E-state index contributed by atoms with van der Waals surface area (Å²) >= 11 is 0. The Hall–Kier alpha value is -6.88. The maximum atomic E-state index is 12.9. The number of azo groups is 2. The van der Waals surface area contributed by atoms with E-state index in [1.54, 1.807) is 24.3 Å². The Balaban J connectivity index is 1.28. The molecule has 1 amide bonds. The zero-order chi connectivity index (χ0) is 42.3. The van der Waals surface area contributed by atoms with E-state index in [4.69, 9.17) is 0 Å². The minimum absolute atomic E-state index is 0.0947. The van der Waals surface area contributed by atoms with Crippen molar-refractivity contribution in [3.8, 4) is 0 Å². The molecule has 0 saturated heterocycles. The number of hydrogen-bond acceptors (Lipinski definition) is 14. The van der Waals surface area contributed by atoms with Crippen molar-refractivity contribution in [3.63, 3.8) is 0 Å². The van der Waals surface area contributed by atoms with Crippen molar-refractivity contribution in [2.24, 2.45) is 25.6 Å². The van der Waals surface area contributed by atoms with Crippen molar-refractivity contribution in [2.75, 3.05) is 10.7 Å². The molecule has 0 unspecified atom stereocenters. The number of rotatable bonds is 10. The second-order valence-electron chi connectivity index (χ2n) is 12.7. The molecule has 0 fully saturated rings. The molecular weight excluding hydrogens is 827 g/mol. The minimum atomic E-state index is -4.70. The number of anilines is 2. The van der Waals surface area contributed by atoms with Crippen molar-refractivity contribution < 1.29 is 48.5 Å². The second-order valence-corrected chi connectivity index (χ2v) is 17.0. The third kappa shape index (κ3) is 8.84. The summed E-state index contributed by atoms with van der Waals surface area (Å²) in [6.07, 6.45) is 2.55. The molecule has 298 valence electrons. The van der Waals surface area contributed by atoms with Crippen molar-refractivity contribution in [2.45, 2.75) is 21.6 Å². The summed E-state index contributed by atoms with van der Waals surface area (Å²) < 4.78 is 101. The quantitative estimate of drug-likeness (QED) is 0.0499. The molecular formula is C38H27N7O11S3. The van der Waals surface area contributed by atoms with E-state index < -0.39 is 45.9 Å². The molecule has 59 heavy (non-hydrogen) atoms. The van der Waals surface area contributed by atoms with Gasteiger partial charge < -0.3 is 5.32 Å². The van der Waals surface area contributed by atoms with E-state index in [-0.39, 0.29) is 55.6 Å². The Kier molecular flexibility index (Phi) is 10.6. The SMILES string of the molecule is CC(=O)Nc1ccc(N=Nc2ccc(N=Nc3ccc(N/N=C4\C(=O)C=Cc5cc(S(=O)(=O)O)ccc54)c4ccc(S(=O)(=O)O)cc34)c3ccc(S(=O)(=O)O)cc23)cc1. The lowest BCUT2D eigenvalue weighted by atomic mass is 9.95. The van der Waals surface area contributed by atoms with Crippen LogP contribution in [0.5, 0.6) is 0 Å². The molecule has 0 heterocycles. The Morgan fingerprint density at radius 2 is 1.07 bits per heavy atom. The lowest BCUT2D eigenvalue weighted by Crippen LogP contribution is -2.19. The van der Waals surface area contributed by atoms with Crippen LogP contribution in [-0.2, 0) is 39.9 Å². The van der Waals surface area contributed by atoms with Gasteiger partial charge in [-0.15, -0.1) is 15.3 Å². The Morgan fingerprint density at radius 3 is 1.66 bits per heavy atom. The van der Waals surface area contributed by atoms with Gasteiger partial charge >= 0.3 is 0 Å². The summed E-state index contributed by atoms with van der Waals surface area (Å²) in [5.74, 6) is -0.773. The van der Waals surface area contributed by atoms with Crippen molar-refractivity contribution in [3.05, 3.63) is 120 Å². The molecule has 0 saturated carbocycles. The smallest absolute Gasteiger partial charge is 0.294 e. The molecule has 0 atom stereocenters. The standard InChI is InChI=1S/C38H27N7O11S3/c1-21(46)39-23-3-5-24(6-4-23)40-41-35-15-13-33(29-11-8-26(19-31(29)35)58(51,52)53)42-43-36-16-14-34(30-12-9-27(20-32(30)36)59(54,55)56)44-45-38-28-10-7-25(57(48,49)50)18-22(28)2-17-37(38)47/h2-20,44H,1H3,(H,39,46)(H,48,49,50)(H,51,52,53)(H,54,55,56)/b41-40?,43-42?,45-38-. The fourth-order valence-corrected chi connectivity index (χ4v) is 7.51. The average Bonchev–Trinajstić information content (AvgIpc) is 3.18. The van der Waals surface area contributed by atoms with Crippen LogP contribution in [0.1, 0.15) is 18.1 Å². The normalized spacial score (nSPS) is 14.1. The van der Waals surface area contributed by atoms with Crippen LogP contribution in [0, 0.1) is 0 Å². The van der Waals surface area contributed by atoms with Gasteiger partial charge in [-0.25, -0.2) is 0 Å². The zero-order valence-corrected chi connectivity index (χ0v) is 32.5. The van der Waals surface area contributed by atoms with E-state index in [9.17, 15) is 48.5 Å². The Labute approximate surface area is 335 Å². The van der Waals surface area contributed by atoms with Crippen LogP contribution in [0.4, 0.5) is 34.1 Å². The monoisotopic (exact) mass is 853 g/mol. The lowest BCUT2D eigenvalue weighted by Gasteiger charge is -2.14. The number of hydrogen-bond donors (Lipinski definition) is 5. The number of carbonyl (C=O) groups excluding carboxylic acids is 2. The van der Waals surface area contributed by atoms with Crippen LogP contribution in [-0.4, -0.2) is 56.3 Å². The number of hydrazone groups is 1. The molecule has 21 heteroatoms. The molecule has 6 aromatic rings. The van der Waals surface area contributed by atoms with Gasteiger partial charge in [0.25, 0.3) is 30.4 Å². The van der Waals surface area contributed by atoms with Gasteiger partial charge in [-0.1, -0.05) is 24.3 Å². The molecule has 7 rings (SSSR count). The Morgan fingerprint density at radius 1 is 0.559 bits per heavy atom. The summed E-state index contributed by atoms with van der Waals surface area (Å²) in [6, 6.07) is 23.4. The first-order valence-corrected chi connectivity index (χ1v) is 21.1. The van der Waals surface area contributed by atoms with Crippen LogP contribution in [0.25, 0.3) is 27.6 Å². The molecule has 6 aromatic carbocycles. The van der Waals surface area contributed by atoms with E-state index >= 15 is 0 Å². The van der Waals surface area contributed by atoms with Crippen molar-refractivity contribution in [1.29, 1.82) is 0 Å². The Bertz CT molecular complexity index is 3240. The third-order valence-electron chi connectivity index (χ3n) is 8.74. The summed E-state index contributed by atoms with van der Waals surface area (Å²) in [5.41, 5.74) is 4.97. The highest BCUT2D eigenvalue weighted by Gasteiger charge is 2.22. The summed E-state index contributed by atoms with van der Waals surface area (Å²) in [6.45, 7) is 1.37. The zero-order valence-electron chi connectivity index (χ0n) is 30.0. The van der Waals surface area contributed by atoms with Gasteiger partial charge in [-0.05, 0) is 96.6 Å². The van der Waals surface area contributed by atoms with Gasteiger partial charge in [0, 0.05) is 39.7 Å². The van der Waals surface area contributed by atoms with Gasteiger partial charge in [0.05, 0.1) is 43.1 Å². The molecule has 0 aliphatic heterocycles. The number of benzene rings is 6. The number of carbonyl (C=O) groups is 2. The molecule has 0 radical (unpaired) electrons. The molecule has 0 bridgehead atoms. The maximum Gasteiger partial charge on any atom is 0.294 e. The van der Waals surface area contributed by atoms with Crippen LogP contribution in [0.2, 0.25) is 0 Å². The fourth-order valence-electron chi connectivity index (χ4n) is 5.99. The van der Waals surface area contributed by atoms with Crippen molar-refractivity contribution >= 4 is 110 Å². The van der Waals surface area contributed by atoms with Gasteiger partial charge in [-0.2, -0.15) is 35.5 Å². The number of fused-ring (bicyclic) bond motifs is 3. The highest BCUT2D eigenvalue weighted by Crippen LogP contribution is 2.39. The van der Waals surface area contributed by atoms with E-state index in [0.29, 0.717) is 27.7 Å². The molecule has 0 aromatic heterocycles. The van der Waals surface area contributed by atoms with Gasteiger partial charge in [0.15, 0.2) is 0 Å². The molecule has 1 aliphatic carbocycles. The van der Waals surface area contributed by atoms with Gasteiger partial charge in [0.2, 0.25) is 11.7 Å². The largest absolute Gasteiger partial charge is 0.326 e. The number of nitrogens with zero attached hydrogens (tertiary/aromatic N) is 5. The first-order valence-electron chi connectivity index (χ1n) is 16.8. The predicted molar refractivity (Wildman–Crippen MR) is 217 cm³/mol. The number of allylic oxidation sites excluding steroid dienone is 1. The fraction of sp³-hybridized carbons (Fsp3) is 0.0263. The summed E-state index contributed by atoms with van der Waals surface area (Å²) in [7, 11) is -13.9. The number of amides is 1. The predicted octanol–water partition coefficient (Wildman–Crippen LogP) is 7.93. The minimum Gasteiger partial charge on any atom is -0.326 e. The lowest BCUT2D eigenvalue weighted by molar-refractivity contribution is -0.114. The highest BCUT2D eigenvalue weighted by molar-refractivity contribution is 7.86. The molecule has 18 nitrogen and oxygen atoms in total.